The lowest BCUT2D eigenvalue weighted by Crippen LogP contribution is -2.40. The highest BCUT2D eigenvalue weighted by molar-refractivity contribution is 7.88. The second-order valence-corrected chi connectivity index (χ2v) is 9.29. The van der Waals surface area contributed by atoms with Gasteiger partial charge in [0.1, 0.15) is 5.02 Å². The summed E-state index contributed by atoms with van der Waals surface area (Å²) in [5, 5.41) is 3.50. The number of aromatic nitrogens is 1. The molecule has 1 fully saturated rings. The van der Waals surface area contributed by atoms with Crippen molar-refractivity contribution in [2.75, 3.05) is 24.7 Å². The minimum absolute atomic E-state index is 0.175. The summed E-state index contributed by atoms with van der Waals surface area (Å²) < 4.78 is 30.3. The predicted molar refractivity (Wildman–Crippen MR) is 109 cm³/mol. The van der Waals surface area contributed by atoms with Crippen LogP contribution in [0.4, 0.5) is 5.69 Å². The molecule has 7 nitrogen and oxygen atoms in total. The van der Waals surface area contributed by atoms with E-state index in [4.69, 9.17) is 27.9 Å². The first kappa shape index (κ1) is 20.9. The number of carbonyl (C=O) groups excluding carboxylic acids is 1. The third kappa shape index (κ3) is 5.14. The van der Waals surface area contributed by atoms with E-state index in [9.17, 15) is 13.2 Å². The van der Waals surface area contributed by atoms with Crippen LogP contribution >= 0.6 is 23.2 Å². The first-order valence-electron chi connectivity index (χ1n) is 8.58. The molecule has 1 amide bonds. The Balaban J connectivity index is 1.69. The summed E-state index contributed by atoms with van der Waals surface area (Å²) in [5.41, 5.74) is 0.478. The van der Waals surface area contributed by atoms with E-state index in [2.05, 4.69) is 10.3 Å². The summed E-state index contributed by atoms with van der Waals surface area (Å²) in [6.45, 7) is 0.665. The SMILES string of the molecule is CS(=O)(=O)N1CCC(C(=O)Nc2ccccc2Oc2ncc(Cl)cc2Cl)CC1. The average molecular weight is 444 g/mol. The first-order valence-corrected chi connectivity index (χ1v) is 11.2. The lowest BCUT2D eigenvalue weighted by atomic mass is 9.97. The molecule has 0 spiro atoms. The number of pyridine rings is 1. The maximum Gasteiger partial charge on any atom is 0.238 e. The van der Waals surface area contributed by atoms with E-state index in [0.717, 1.165) is 0 Å². The van der Waals surface area contributed by atoms with Crippen LogP contribution in [0, 0.1) is 5.92 Å². The third-order valence-electron chi connectivity index (χ3n) is 4.42. The monoisotopic (exact) mass is 443 g/mol. The molecule has 1 aromatic carbocycles. The van der Waals surface area contributed by atoms with Crippen LogP contribution in [0.15, 0.2) is 36.5 Å². The second kappa shape index (κ2) is 8.65. The van der Waals surface area contributed by atoms with Crippen molar-refractivity contribution < 1.29 is 17.9 Å². The molecule has 0 aliphatic carbocycles. The number of nitrogens with one attached hydrogen (secondary N) is 1. The Morgan fingerprint density at radius 2 is 1.93 bits per heavy atom. The number of amides is 1. The van der Waals surface area contributed by atoms with E-state index < -0.39 is 10.0 Å². The summed E-state index contributed by atoms with van der Waals surface area (Å²) in [4.78, 5) is 16.7. The fourth-order valence-electron chi connectivity index (χ4n) is 2.92. The molecule has 0 bridgehead atoms. The molecule has 2 heterocycles. The highest BCUT2D eigenvalue weighted by Gasteiger charge is 2.29. The summed E-state index contributed by atoms with van der Waals surface area (Å²) in [5.74, 6) is 0.109. The van der Waals surface area contributed by atoms with Crippen molar-refractivity contribution in [3.63, 3.8) is 0 Å². The second-order valence-electron chi connectivity index (χ2n) is 6.46. The Hall–Kier alpha value is -1.87. The Morgan fingerprint density at radius 3 is 2.57 bits per heavy atom. The van der Waals surface area contributed by atoms with E-state index >= 15 is 0 Å². The van der Waals surface area contributed by atoms with Gasteiger partial charge >= 0.3 is 0 Å². The van der Waals surface area contributed by atoms with Gasteiger partial charge in [0.15, 0.2) is 5.75 Å². The van der Waals surface area contributed by atoms with Gasteiger partial charge in [-0.3, -0.25) is 4.79 Å². The van der Waals surface area contributed by atoms with Gasteiger partial charge in [-0.1, -0.05) is 35.3 Å². The largest absolute Gasteiger partial charge is 0.435 e. The van der Waals surface area contributed by atoms with E-state index in [0.29, 0.717) is 42.4 Å². The van der Waals surface area contributed by atoms with E-state index in [1.807, 2.05) is 0 Å². The zero-order valence-electron chi connectivity index (χ0n) is 15.1. The van der Waals surface area contributed by atoms with Crippen molar-refractivity contribution in [3.8, 4) is 11.6 Å². The zero-order valence-corrected chi connectivity index (χ0v) is 17.4. The minimum Gasteiger partial charge on any atom is -0.435 e. The Morgan fingerprint density at radius 1 is 1.25 bits per heavy atom. The number of sulfonamides is 1. The van der Waals surface area contributed by atoms with Gasteiger partial charge in [0, 0.05) is 25.2 Å². The quantitative estimate of drug-likeness (QED) is 0.758. The molecule has 1 aliphatic rings. The highest BCUT2D eigenvalue weighted by atomic mass is 35.5. The maximum atomic E-state index is 12.6. The zero-order chi connectivity index (χ0) is 20.3. The summed E-state index contributed by atoms with van der Waals surface area (Å²) in [6, 6.07) is 8.45. The highest BCUT2D eigenvalue weighted by Crippen LogP contribution is 2.33. The van der Waals surface area contributed by atoms with Crippen molar-refractivity contribution in [1.29, 1.82) is 0 Å². The number of piperidine rings is 1. The fourth-order valence-corrected chi connectivity index (χ4v) is 4.22. The number of ether oxygens (including phenoxy) is 1. The third-order valence-corrected chi connectivity index (χ3v) is 6.20. The molecule has 0 atom stereocenters. The molecule has 28 heavy (non-hydrogen) atoms. The lowest BCUT2D eigenvalue weighted by Gasteiger charge is -2.29. The van der Waals surface area contributed by atoms with Crippen LogP contribution in [0.3, 0.4) is 0 Å². The van der Waals surface area contributed by atoms with Crippen molar-refractivity contribution in [2.45, 2.75) is 12.8 Å². The van der Waals surface area contributed by atoms with Crippen LogP contribution in [-0.4, -0.2) is 43.0 Å². The van der Waals surface area contributed by atoms with Crippen molar-refractivity contribution in [2.24, 2.45) is 5.92 Å². The normalized spacial score (nSPS) is 16.0. The van der Waals surface area contributed by atoms with Crippen molar-refractivity contribution in [3.05, 3.63) is 46.6 Å². The average Bonchev–Trinajstić information content (AvgIpc) is 2.65. The van der Waals surface area contributed by atoms with Crippen LogP contribution in [0.2, 0.25) is 10.0 Å². The van der Waals surface area contributed by atoms with Gasteiger partial charge in [0.25, 0.3) is 0 Å². The molecule has 1 saturated heterocycles. The number of para-hydroxylation sites is 2. The number of rotatable bonds is 5. The van der Waals surface area contributed by atoms with Crippen molar-refractivity contribution >= 4 is 44.8 Å². The summed E-state index contributed by atoms with van der Waals surface area (Å²) >= 11 is 11.9. The van der Waals surface area contributed by atoms with Crippen LogP contribution in [-0.2, 0) is 14.8 Å². The first-order chi connectivity index (χ1) is 13.2. The van der Waals surface area contributed by atoms with Gasteiger partial charge in [0.2, 0.25) is 21.8 Å². The fraction of sp³-hybridized carbons (Fsp3) is 0.333. The molecule has 0 radical (unpaired) electrons. The van der Waals surface area contributed by atoms with Crippen LogP contribution in [0.5, 0.6) is 11.6 Å². The summed E-state index contributed by atoms with van der Waals surface area (Å²) in [6.07, 6.45) is 3.52. The van der Waals surface area contributed by atoms with Crippen LogP contribution in [0.1, 0.15) is 12.8 Å². The van der Waals surface area contributed by atoms with Gasteiger partial charge in [-0.2, -0.15) is 0 Å². The van der Waals surface area contributed by atoms with Gasteiger partial charge in [-0.15, -0.1) is 0 Å². The Labute approximate surface area is 173 Å². The van der Waals surface area contributed by atoms with Gasteiger partial charge in [-0.25, -0.2) is 17.7 Å². The lowest BCUT2D eigenvalue weighted by molar-refractivity contribution is -0.120. The number of benzene rings is 1. The molecular formula is C18H19Cl2N3O4S. The van der Waals surface area contributed by atoms with Crippen LogP contribution in [0.25, 0.3) is 0 Å². The molecule has 3 rings (SSSR count). The summed E-state index contributed by atoms with van der Waals surface area (Å²) in [7, 11) is -3.23. The van der Waals surface area contributed by atoms with Crippen molar-refractivity contribution in [1.82, 2.24) is 9.29 Å². The molecular weight excluding hydrogens is 425 g/mol. The smallest absolute Gasteiger partial charge is 0.238 e. The molecule has 0 unspecified atom stereocenters. The van der Waals surface area contributed by atoms with E-state index in [1.165, 1.54) is 22.8 Å². The number of hydrogen-bond acceptors (Lipinski definition) is 5. The molecule has 2 aromatic rings. The Kier molecular flexibility index (Phi) is 6.44. The maximum absolute atomic E-state index is 12.6. The topological polar surface area (TPSA) is 88.6 Å². The predicted octanol–water partition coefficient (Wildman–Crippen LogP) is 3.79. The standard InChI is InChI=1S/C18H19Cl2N3O4S/c1-28(25,26)23-8-6-12(7-9-23)17(24)22-15-4-2-3-5-16(15)27-18-14(20)10-13(19)11-21-18/h2-5,10-12H,6-9H2,1H3,(H,22,24). The minimum atomic E-state index is -3.23. The Bertz CT molecular complexity index is 977. The number of carbonyl (C=O) groups is 1. The van der Waals surface area contributed by atoms with E-state index in [1.54, 1.807) is 24.3 Å². The van der Waals surface area contributed by atoms with Gasteiger partial charge in [-0.05, 0) is 31.0 Å². The molecule has 1 N–H and O–H groups in total. The molecule has 0 saturated carbocycles. The van der Waals surface area contributed by atoms with Gasteiger partial charge in [0.05, 0.1) is 17.0 Å². The molecule has 150 valence electrons. The molecule has 10 heteroatoms. The number of halogens is 2. The molecule has 1 aromatic heterocycles. The van der Waals surface area contributed by atoms with Crippen LogP contribution < -0.4 is 10.1 Å². The molecule has 1 aliphatic heterocycles. The van der Waals surface area contributed by atoms with Gasteiger partial charge < -0.3 is 10.1 Å². The number of nitrogens with zero attached hydrogens (tertiary/aromatic N) is 2. The number of anilines is 1. The van der Waals surface area contributed by atoms with E-state index in [-0.39, 0.29) is 22.7 Å². The number of hydrogen-bond donors (Lipinski definition) is 1.